The van der Waals surface area contributed by atoms with E-state index in [4.69, 9.17) is 4.74 Å². The number of amides is 1. The molecule has 0 fully saturated rings. The van der Waals surface area contributed by atoms with Gasteiger partial charge in [-0.1, -0.05) is 18.2 Å². The Morgan fingerprint density at radius 2 is 1.78 bits per heavy atom. The second-order valence-electron chi connectivity index (χ2n) is 6.64. The average molecular weight is 387 g/mol. The molecule has 0 aromatic heterocycles. The highest BCUT2D eigenvalue weighted by Crippen LogP contribution is 2.25. The van der Waals surface area contributed by atoms with Crippen molar-refractivity contribution in [3.63, 3.8) is 0 Å². The van der Waals surface area contributed by atoms with E-state index in [1.165, 1.54) is 36.2 Å². The minimum atomic E-state index is -3.59. The quantitative estimate of drug-likeness (QED) is 0.797. The Labute approximate surface area is 158 Å². The van der Waals surface area contributed by atoms with Gasteiger partial charge in [0.1, 0.15) is 0 Å². The lowest BCUT2D eigenvalue weighted by molar-refractivity contribution is -0.123. The molecule has 6 nitrogen and oxygen atoms in total. The highest BCUT2D eigenvalue weighted by atomic mass is 32.2. The number of carbonyl (C=O) groups is 2. The van der Waals surface area contributed by atoms with Gasteiger partial charge in [-0.05, 0) is 61.6 Å². The van der Waals surface area contributed by atoms with E-state index in [0.717, 1.165) is 25.5 Å². The topological polar surface area (TPSA) is 89.5 Å². The highest BCUT2D eigenvalue weighted by molar-refractivity contribution is 7.90. The van der Waals surface area contributed by atoms with Gasteiger partial charge in [0.25, 0.3) is 5.91 Å². The van der Waals surface area contributed by atoms with Gasteiger partial charge in [0.2, 0.25) is 0 Å². The number of benzene rings is 2. The minimum Gasteiger partial charge on any atom is -0.449 e. The number of esters is 1. The van der Waals surface area contributed by atoms with E-state index >= 15 is 0 Å². The fraction of sp³-hybridized carbons (Fsp3) is 0.300. The third kappa shape index (κ3) is 4.36. The van der Waals surface area contributed by atoms with E-state index in [1.54, 1.807) is 6.07 Å². The van der Waals surface area contributed by atoms with Gasteiger partial charge in [-0.2, -0.15) is 0 Å². The zero-order valence-corrected chi connectivity index (χ0v) is 16.0. The maximum atomic E-state index is 12.4. The van der Waals surface area contributed by atoms with Gasteiger partial charge in [-0.25, -0.2) is 13.2 Å². The van der Waals surface area contributed by atoms with Crippen molar-refractivity contribution in [2.45, 2.75) is 37.2 Å². The maximum Gasteiger partial charge on any atom is 0.340 e. The molecule has 0 heterocycles. The molecule has 0 radical (unpaired) electrons. The molecule has 0 aliphatic heterocycles. The van der Waals surface area contributed by atoms with E-state index in [0.29, 0.717) is 5.69 Å². The van der Waals surface area contributed by atoms with Crippen LogP contribution in [0.5, 0.6) is 0 Å². The van der Waals surface area contributed by atoms with Crippen LogP contribution in [-0.2, 0) is 32.2 Å². The largest absolute Gasteiger partial charge is 0.449 e. The van der Waals surface area contributed by atoms with Crippen molar-refractivity contribution in [1.29, 1.82) is 0 Å². The lowest BCUT2D eigenvalue weighted by atomic mass is 10.1. The fourth-order valence-electron chi connectivity index (χ4n) is 3.13. The Morgan fingerprint density at radius 3 is 2.52 bits per heavy atom. The number of hydrogen-bond donors (Lipinski definition) is 1. The summed E-state index contributed by atoms with van der Waals surface area (Å²) in [5, 5.41) is 2.74. The molecule has 0 bridgehead atoms. The van der Waals surface area contributed by atoms with Crippen molar-refractivity contribution < 1.29 is 22.7 Å². The van der Waals surface area contributed by atoms with Gasteiger partial charge in [0.15, 0.2) is 15.9 Å². The summed E-state index contributed by atoms with van der Waals surface area (Å²) in [5.74, 6) is -1.33. The molecule has 0 unspecified atom stereocenters. The summed E-state index contributed by atoms with van der Waals surface area (Å²) in [6.07, 6.45) is 3.10. The van der Waals surface area contributed by atoms with Crippen LogP contribution < -0.4 is 5.32 Å². The number of ether oxygens (including phenoxy) is 1. The molecule has 2 aromatic carbocycles. The molecule has 27 heavy (non-hydrogen) atoms. The summed E-state index contributed by atoms with van der Waals surface area (Å²) >= 11 is 0. The fourth-order valence-corrected chi connectivity index (χ4v) is 4.01. The molecule has 1 amide bonds. The van der Waals surface area contributed by atoms with Gasteiger partial charge < -0.3 is 10.1 Å². The van der Waals surface area contributed by atoms with Gasteiger partial charge in [-0.15, -0.1) is 0 Å². The molecule has 2 aromatic rings. The molecular weight excluding hydrogens is 366 g/mol. The first-order valence-corrected chi connectivity index (χ1v) is 10.6. The summed E-state index contributed by atoms with van der Waals surface area (Å²) in [6, 6.07) is 11.5. The molecule has 1 N–H and O–H groups in total. The van der Waals surface area contributed by atoms with Crippen molar-refractivity contribution in [2.24, 2.45) is 0 Å². The van der Waals surface area contributed by atoms with Gasteiger partial charge >= 0.3 is 5.97 Å². The van der Waals surface area contributed by atoms with Crippen LogP contribution in [0.4, 0.5) is 5.69 Å². The normalized spacial score (nSPS) is 14.3. The van der Waals surface area contributed by atoms with Crippen LogP contribution >= 0.6 is 0 Å². The summed E-state index contributed by atoms with van der Waals surface area (Å²) in [6.45, 7) is 1.45. The van der Waals surface area contributed by atoms with E-state index in [9.17, 15) is 18.0 Å². The number of fused-ring (bicyclic) bond motifs is 1. The molecule has 7 heteroatoms. The molecule has 142 valence electrons. The summed E-state index contributed by atoms with van der Waals surface area (Å²) in [7, 11) is -3.59. The Balaban J connectivity index is 1.69. The molecule has 0 saturated carbocycles. The predicted octanol–water partition coefficient (Wildman–Crippen LogP) is 2.76. The average Bonchev–Trinajstić information content (AvgIpc) is 3.08. The Hall–Kier alpha value is -2.67. The van der Waals surface area contributed by atoms with Crippen molar-refractivity contribution in [3.8, 4) is 0 Å². The molecule has 1 aliphatic carbocycles. The van der Waals surface area contributed by atoms with E-state index < -0.39 is 27.8 Å². The summed E-state index contributed by atoms with van der Waals surface area (Å²) in [5.41, 5.74) is 3.08. The second kappa shape index (κ2) is 7.52. The van der Waals surface area contributed by atoms with Gasteiger partial charge in [0.05, 0.1) is 10.5 Å². The Bertz CT molecular complexity index is 997. The molecule has 1 atom stereocenters. The number of hydrogen-bond acceptors (Lipinski definition) is 5. The van der Waals surface area contributed by atoms with Crippen LogP contribution in [-0.4, -0.2) is 32.7 Å². The standard InChI is InChI=1S/C20H21NO5S/c1-13(19(22)21-16-11-10-14-6-5-7-15(14)12-16)26-20(23)17-8-3-4-9-18(17)27(2,24)25/h3-4,8-13H,5-7H2,1-2H3,(H,21,22)/t13-/m1/s1. The zero-order chi connectivity index (χ0) is 19.6. The molecule has 3 rings (SSSR count). The van der Waals surface area contributed by atoms with Crippen LogP contribution in [0, 0.1) is 0 Å². The van der Waals surface area contributed by atoms with E-state index in [2.05, 4.69) is 5.32 Å². The smallest absolute Gasteiger partial charge is 0.340 e. The van der Waals surface area contributed by atoms with Crippen LogP contribution in [0.2, 0.25) is 0 Å². The zero-order valence-electron chi connectivity index (χ0n) is 15.2. The second-order valence-corrected chi connectivity index (χ2v) is 8.63. The maximum absolute atomic E-state index is 12.4. The predicted molar refractivity (Wildman–Crippen MR) is 102 cm³/mol. The number of sulfone groups is 1. The van der Waals surface area contributed by atoms with Crippen LogP contribution in [0.1, 0.15) is 34.8 Å². The molecule has 0 saturated heterocycles. The van der Waals surface area contributed by atoms with Gasteiger partial charge in [-0.3, -0.25) is 4.79 Å². The SMILES string of the molecule is C[C@@H](OC(=O)c1ccccc1S(C)(=O)=O)C(=O)Nc1ccc2c(c1)CCC2. The molecule has 1 aliphatic rings. The number of anilines is 1. The minimum absolute atomic E-state index is 0.0859. The van der Waals surface area contributed by atoms with Crippen molar-refractivity contribution in [1.82, 2.24) is 0 Å². The Kier molecular flexibility index (Phi) is 5.32. The molecular formula is C20H21NO5S. The van der Waals surface area contributed by atoms with Crippen LogP contribution in [0.15, 0.2) is 47.4 Å². The third-order valence-electron chi connectivity index (χ3n) is 4.53. The van der Waals surface area contributed by atoms with Crippen molar-refractivity contribution >= 4 is 27.4 Å². The lowest BCUT2D eigenvalue weighted by Crippen LogP contribution is -2.30. The first-order chi connectivity index (χ1) is 12.8. The number of nitrogens with one attached hydrogen (secondary N) is 1. The van der Waals surface area contributed by atoms with Crippen molar-refractivity contribution in [2.75, 3.05) is 11.6 Å². The van der Waals surface area contributed by atoms with Crippen LogP contribution in [0.3, 0.4) is 0 Å². The lowest BCUT2D eigenvalue weighted by Gasteiger charge is -2.15. The van der Waals surface area contributed by atoms with Gasteiger partial charge in [0, 0.05) is 11.9 Å². The number of rotatable bonds is 5. The first-order valence-electron chi connectivity index (χ1n) is 8.68. The first kappa shape index (κ1) is 19.1. The molecule has 0 spiro atoms. The monoisotopic (exact) mass is 387 g/mol. The van der Waals surface area contributed by atoms with E-state index in [1.807, 2.05) is 18.2 Å². The van der Waals surface area contributed by atoms with E-state index in [-0.39, 0.29) is 10.5 Å². The van der Waals surface area contributed by atoms with Crippen molar-refractivity contribution in [3.05, 3.63) is 59.2 Å². The summed E-state index contributed by atoms with van der Waals surface area (Å²) < 4.78 is 28.8. The highest BCUT2D eigenvalue weighted by Gasteiger charge is 2.24. The number of carbonyl (C=O) groups excluding carboxylic acids is 2. The number of aryl methyl sites for hydroxylation is 2. The van der Waals surface area contributed by atoms with Crippen LogP contribution in [0.25, 0.3) is 0 Å². The third-order valence-corrected chi connectivity index (χ3v) is 5.68. The Morgan fingerprint density at radius 1 is 1.07 bits per heavy atom. The summed E-state index contributed by atoms with van der Waals surface area (Å²) in [4.78, 5) is 24.6.